The second kappa shape index (κ2) is 5.64. The van der Waals surface area contributed by atoms with Gasteiger partial charge in [-0.2, -0.15) is 0 Å². The molecular formula is C12H18BrN3. The predicted molar refractivity (Wildman–Crippen MR) is 70.8 cm³/mol. The molecule has 1 fully saturated rings. The van der Waals surface area contributed by atoms with Crippen LogP contribution in [0.3, 0.4) is 0 Å². The minimum Gasteiger partial charge on any atom is -0.367 e. The summed E-state index contributed by atoms with van der Waals surface area (Å²) >= 11 is 3.58. The van der Waals surface area contributed by atoms with Crippen molar-refractivity contribution in [3.8, 4) is 0 Å². The zero-order valence-electron chi connectivity index (χ0n) is 9.62. The van der Waals surface area contributed by atoms with E-state index >= 15 is 0 Å². The van der Waals surface area contributed by atoms with Gasteiger partial charge in [0, 0.05) is 31.5 Å². The van der Waals surface area contributed by atoms with Crippen LogP contribution in [0.15, 0.2) is 22.9 Å². The number of anilines is 1. The maximum Gasteiger partial charge on any atom is 0.0592 e. The first-order valence-corrected chi connectivity index (χ1v) is 6.69. The Kier molecular flexibility index (Phi) is 4.18. The van der Waals surface area contributed by atoms with Gasteiger partial charge >= 0.3 is 0 Å². The molecule has 1 atom stereocenters. The van der Waals surface area contributed by atoms with Gasteiger partial charge in [-0.3, -0.25) is 4.98 Å². The Balaban J connectivity index is 2.18. The molecule has 0 amide bonds. The number of rotatable bonds is 3. The molecule has 1 aliphatic heterocycles. The van der Waals surface area contributed by atoms with E-state index in [0.29, 0.717) is 6.04 Å². The predicted octanol–water partition coefficient (Wildman–Crippen LogP) is 2.42. The van der Waals surface area contributed by atoms with Crippen molar-refractivity contribution in [2.75, 3.05) is 24.5 Å². The number of nitrogens with zero attached hydrogens (tertiary/aromatic N) is 2. The number of hydrogen-bond donors (Lipinski definition) is 1. The van der Waals surface area contributed by atoms with Crippen LogP contribution in [0.4, 0.5) is 5.69 Å². The molecule has 1 saturated heterocycles. The van der Waals surface area contributed by atoms with Gasteiger partial charge in [-0.15, -0.1) is 0 Å². The summed E-state index contributed by atoms with van der Waals surface area (Å²) in [6.07, 6.45) is 6.27. The van der Waals surface area contributed by atoms with Crippen LogP contribution in [-0.4, -0.2) is 30.7 Å². The van der Waals surface area contributed by atoms with Gasteiger partial charge in [0.1, 0.15) is 0 Å². The van der Waals surface area contributed by atoms with Gasteiger partial charge in [0.05, 0.1) is 10.2 Å². The molecule has 2 heterocycles. The lowest BCUT2D eigenvalue weighted by molar-refractivity contribution is 0.435. The Morgan fingerprint density at radius 1 is 1.62 bits per heavy atom. The van der Waals surface area contributed by atoms with Crippen molar-refractivity contribution in [3.05, 3.63) is 22.9 Å². The molecule has 16 heavy (non-hydrogen) atoms. The number of piperidine rings is 1. The van der Waals surface area contributed by atoms with E-state index in [0.717, 1.165) is 24.1 Å². The molecule has 1 unspecified atom stereocenters. The van der Waals surface area contributed by atoms with E-state index in [1.807, 2.05) is 12.4 Å². The normalized spacial score (nSPS) is 20.8. The highest BCUT2D eigenvalue weighted by molar-refractivity contribution is 9.10. The van der Waals surface area contributed by atoms with Crippen LogP contribution in [0, 0.1) is 0 Å². The lowest BCUT2D eigenvalue weighted by Gasteiger charge is -2.36. The molecular weight excluding hydrogens is 266 g/mol. The van der Waals surface area contributed by atoms with E-state index in [1.54, 1.807) is 0 Å². The summed E-state index contributed by atoms with van der Waals surface area (Å²) in [6, 6.07) is 2.69. The molecule has 0 spiro atoms. The highest BCUT2D eigenvalue weighted by atomic mass is 79.9. The number of halogens is 1. The van der Waals surface area contributed by atoms with E-state index in [2.05, 4.69) is 44.1 Å². The minimum absolute atomic E-state index is 0.609. The summed E-state index contributed by atoms with van der Waals surface area (Å²) in [5.41, 5.74) is 1.26. The first-order chi connectivity index (χ1) is 7.83. The highest BCUT2D eigenvalue weighted by Crippen LogP contribution is 2.27. The second-order valence-electron chi connectivity index (χ2n) is 4.11. The van der Waals surface area contributed by atoms with Gasteiger partial charge in [0.25, 0.3) is 0 Å². The van der Waals surface area contributed by atoms with E-state index < -0.39 is 0 Å². The number of pyridine rings is 1. The van der Waals surface area contributed by atoms with Crippen LogP contribution in [0.5, 0.6) is 0 Å². The molecule has 1 N–H and O–H groups in total. The van der Waals surface area contributed by atoms with E-state index in [4.69, 9.17) is 0 Å². The monoisotopic (exact) mass is 283 g/mol. The molecule has 4 heteroatoms. The van der Waals surface area contributed by atoms with Crippen molar-refractivity contribution in [1.29, 1.82) is 0 Å². The summed E-state index contributed by atoms with van der Waals surface area (Å²) in [5, 5.41) is 3.47. The number of likely N-dealkylation sites (N-methyl/N-ethyl adjacent to an activating group) is 1. The summed E-state index contributed by atoms with van der Waals surface area (Å²) in [7, 11) is 0. The number of hydrogen-bond acceptors (Lipinski definition) is 3. The topological polar surface area (TPSA) is 28.2 Å². The fourth-order valence-corrected chi connectivity index (χ4v) is 2.80. The SMILES string of the molecule is CCN(c1ccncc1Br)C1CCCNC1. The molecule has 0 aromatic carbocycles. The van der Waals surface area contributed by atoms with Crippen LogP contribution in [0.1, 0.15) is 19.8 Å². The Morgan fingerprint density at radius 3 is 3.12 bits per heavy atom. The first kappa shape index (κ1) is 11.9. The zero-order chi connectivity index (χ0) is 11.4. The third-order valence-electron chi connectivity index (χ3n) is 3.11. The largest absolute Gasteiger partial charge is 0.367 e. The van der Waals surface area contributed by atoms with Gasteiger partial charge in [0.15, 0.2) is 0 Å². The average Bonchev–Trinajstić information content (AvgIpc) is 2.34. The smallest absolute Gasteiger partial charge is 0.0592 e. The average molecular weight is 284 g/mol. The van der Waals surface area contributed by atoms with Crippen LogP contribution in [0.2, 0.25) is 0 Å². The molecule has 0 saturated carbocycles. The van der Waals surface area contributed by atoms with Crippen LogP contribution < -0.4 is 10.2 Å². The van der Waals surface area contributed by atoms with Crippen molar-refractivity contribution < 1.29 is 0 Å². The fraction of sp³-hybridized carbons (Fsp3) is 0.583. The number of nitrogens with one attached hydrogen (secondary N) is 1. The molecule has 0 aliphatic carbocycles. The molecule has 3 nitrogen and oxygen atoms in total. The zero-order valence-corrected chi connectivity index (χ0v) is 11.2. The van der Waals surface area contributed by atoms with Crippen LogP contribution in [-0.2, 0) is 0 Å². The molecule has 1 aliphatic rings. The van der Waals surface area contributed by atoms with E-state index in [9.17, 15) is 0 Å². The Morgan fingerprint density at radius 2 is 2.50 bits per heavy atom. The second-order valence-corrected chi connectivity index (χ2v) is 4.97. The third kappa shape index (κ3) is 2.55. The molecule has 1 aromatic heterocycles. The Labute approximate surface area is 105 Å². The van der Waals surface area contributed by atoms with Crippen molar-refractivity contribution in [3.63, 3.8) is 0 Å². The van der Waals surface area contributed by atoms with Gasteiger partial charge in [-0.05, 0) is 48.3 Å². The first-order valence-electron chi connectivity index (χ1n) is 5.89. The summed E-state index contributed by atoms with van der Waals surface area (Å²) in [4.78, 5) is 6.57. The van der Waals surface area contributed by atoms with Crippen molar-refractivity contribution in [2.45, 2.75) is 25.8 Å². The standard InChI is InChI=1S/C12H18BrN3/c1-2-16(10-4-3-6-14-8-10)12-5-7-15-9-11(12)13/h5,7,9-10,14H,2-4,6,8H2,1H3. The fourth-order valence-electron chi connectivity index (χ4n) is 2.33. The summed E-state index contributed by atoms with van der Waals surface area (Å²) in [5.74, 6) is 0. The molecule has 2 rings (SSSR count). The van der Waals surface area contributed by atoms with Gasteiger partial charge in [-0.1, -0.05) is 0 Å². The summed E-state index contributed by atoms with van der Waals surface area (Å²) < 4.78 is 1.09. The van der Waals surface area contributed by atoms with E-state index in [1.165, 1.54) is 18.5 Å². The molecule has 88 valence electrons. The lowest BCUT2D eigenvalue weighted by Crippen LogP contribution is -2.46. The molecule has 0 bridgehead atoms. The van der Waals surface area contributed by atoms with Crippen LogP contribution in [0.25, 0.3) is 0 Å². The van der Waals surface area contributed by atoms with Gasteiger partial charge in [-0.25, -0.2) is 0 Å². The maximum atomic E-state index is 4.12. The van der Waals surface area contributed by atoms with Gasteiger partial charge < -0.3 is 10.2 Å². The van der Waals surface area contributed by atoms with E-state index in [-0.39, 0.29) is 0 Å². The van der Waals surface area contributed by atoms with Crippen molar-refractivity contribution >= 4 is 21.6 Å². The quantitative estimate of drug-likeness (QED) is 0.924. The maximum absolute atomic E-state index is 4.12. The lowest BCUT2D eigenvalue weighted by atomic mass is 10.1. The molecule has 1 aromatic rings. The third-order valence-corrected chi connectivity index (χ3v) is 3.72. The Hall–Kier alpha value is -0.610. The van der Waals surface area contributed by atoms with Gasteiger partial charge in [0.2, 0.25) is 0 Å². The highest BCUT2D eigenvalue weighted by Gasteiger charge is 2.21. The van der Waals surface area contributed by atoms with Crippen molar-refractivity contribution in [2.24, 2.45) is 0 Å². The Bertz CT molecular complexity index is 337. The molecule has 0 radical (unpaired) electrons. The van der Waals surface area contributed by atoms with Crippen molar-refractivity contribution in [1.82, 2.24) is 10.3 Å². The summed E-state index contributed by atoms with van der Waals surface area (Å²) in [6.45, 7) is 5.49. The minimum atomic E-state index is 0.609. The number of aromatic nitrogens is 1. The van der Waals surface area contributed by atoms with Crippen LogP contribution >= 0.6 is 15.9 Å².